The van der Waals surface area contributed by atoms with Crippen LogP contribution in [0.15, 0.2) is 47.5 Å². The van der Waals surface area contributed by atoms with E-state index in [2.05, 4.69) is 30.2 Å². The fourth-order valence-electron chi connectivity index (χ4n) is 2.63. The summed E-state index contributed by atoms with van der Waals surface area (Å²) in [7, 11) is 0. The molecule has 0 heterocycles. The number of nitrogens with zero attached hydrogens (tertiary/aromatic N) is 2. The summed E-state index contributed by atoms with van der Waals surface area (Å²) in [5, 5.41) is 3.11. The van der Waals surface area contributed by atoms with Crippen LogP contribution in [-0.2, 0) is 6.54 Å². The quantitative estimate of drug-likeness (QED) is 0.615. The van der Waals surface area contributed by atoms with Gasteiger partial charge in [-0.05, 0) is 68.7 Å². The van der Waals surface area contributed by atoms with Crippen LogP contribution in [0.25, 0.3) is 0 Å². The van der Waals surface area contributed by atoms with E-state index in [1.165, 1.54) is 11.1 Å². The highest BCUT2D eigenvalue weighted by Gasteiger charge is 2.11. The number of amides is 1. The van der Waals surface area contributed by atoms with Crippen molar-refractivity contribution in [3.8, 4) is 0 Å². The summed E-state index contributed by atoms with van der Waals surface area (Å²) in [5.41, 5.74) is 11.0. The van der Waals surface area contributed by atoms with E-state index in [0.717, 1.165) is 11.3 Å². The van der Waals surface area contributed by atoms with Crippen molar-refractivity contribution in [3.05, 3.63) is 64.7 Å². The summed E-state index contributed by atoms with van der Waals surface area (Å²) < 4.78 is 0. The van der Waals surface area contributed by atoms with Crippen LogP contribution in [0.3, 0.4) is 0 Å². The number of carbonyl (C=O) groups is 1. The van der Waals surface area contributed by atoms with Gasteiger partial charge in [0.15, 0.2) is 5.96 Å². The molecule has 0 aliphatic heterocycles. The number of hydrogen-bond acceptors (Lipinski definition) is 2. The van der Waals surface area contributed by atoms with Gasteiger partial charge in [-0.2, -0.15) is 0 Å². The van der Waals surface area contributed by atoms with E-state index in [9.17, 15) is 4.79 Å². The van der Waals surface area contributed by atoms with Crippen molar-refractivity contribution >= 4 is 17.6 Å². The van der Waals surface area contributed by atoms with Crippen molar-refractivity contribution in [2.45, 2.75) is 34.2 Å². The number of aliphatic imine (C=N–C) groups is 1. The molecule has 3 N–H and O–H groups in total. The van der Waals surface area contributed by atoms with Crippen LogP contribution >= 0.6 is 0 Å². The summed E-state index contributed by atoms with van der Waals surface area (Å²) in [6.45, 7) is 9.99. The van der Waals surface area contributed by atoms with E-state index in [1.807, 2.05) is 50.2 Å². The maximum atomic E-state index is 12.3. The molecule has 0 bridgehead atoms. The third kappa shape index (κ3) is 5.09. The van der Waals surface area contributed by atoms with Gasteiger partial charge in [-0.25, -0.2) is 4.99 Å². The molecule has 2 aromatic carbocycles. The molecule has 0 fully saturated rings. The predicted molar refractivity (Wildman–Crippen MR) is 109 cm³/mol. The number of carbonyl (C=O) groups excluding carboxylic acids is 1. The minimum absolute atomic E-state index is 0.0565. The second-order valence-electron chi connectivity index (χ2n) is 6.30. The number of guanidine groups is 1. The van der Waals surface area contributed by atoms with Gasteiger partial charge in [0.25, 0.3) is 5.91 Å². The van der Waals surface area contributed by atoms with E-state index in [1.54, 1.807) is 4.90 Å². The molecule has 0 aromatic heterocycles. The van der Waals surface area contributed by atoms with Crippen LogP contribution in [0.4, 0.5) is 5.69 Å². The predicted octanol–water partition coefficient (Wildman–Crippen LogP) is 3.71. The van der Waals surface area contributed by atoms with Crippen molar-refractivity contribution in [3.63, 3.8) is 0 Å². The fourth-order valence-corrected chi connectivity index (χ4v) is 2.63. The molecule has 0 radical (unpaired) electrons. The monoisotopic (exact) mass is 352 g/mol. The van der Waals surface area contributed by atoms with Gasteiger partial charge < -0.3 is 16.0 Å². The van der Waals surface area contributed by atoms with Crippen molar-refractivity contribution in [2.24, 2.45) is 10.7 Å². The lowest BCUT2D eigenvalue weighted by atomic mass is 10.1. The summed E-state index contributed by atoms with van der Waals surface area (Å²) >= 11 is 0. The lowest BCUT2D eigenvalue weighted by Crippen LogP contribution is -2.30. The van der Waals surface area contributed by atoms with Gasteiger partial charge in [-0.3, -0.25) is 4.79 Å². The Labute approximate surface area is 155 Å². The highest BCUT2D eigenvalue weighted by atomic mass is 16.2. The zero-order valence-corrected chi connectivity index (χ0v) is 16.0. The molecule has 138 valence electrons. The molecule has 2 rings (SSSR count). The largest absolute Gasteiger partial charge is 0.370 e. The highest BCUT2D eigenvalue weighted by molar-refractivity contribution is 5.94. The van der Waals surface area contributed by atoms with Gasteiger partial charge >= 0.3 is 0 Å². The lowest BCUT2D eigenvalue weighted by Gasteiger charge is -2.18. The van der Waals surface area contributed by atoms with Crippen molar-refractivity contribution in [2.75, 3.05) is 18.4 Å². The van der Waals surface area contributed by atoms with Crippen LogP contribution < -0.4 is 11.1 Å². The number of aryl methyl sites for hydroxylation is 2. The lowest BCUT2D eigenvalue weighted by molar-refractivity contribution is 0.0773. The van der Waals surface area contributed by atoms with Gasteiger partial charge in [0.2, 0.25) is 0 Å². The van der Waals surface area contributed by atoms with Crippen molar-refractivity contribution in [1.29, 1.82) is 0 Å². The Morgan fingerprint density at radius 2 is 1.69 bits per heavy atom. The summed E-state index contributed by atoms with van der Waals surface area (Å²) in [4.78, 5) is 18.5. The number of benzene rings is 2. The molecule has 1 amide bonds. The number of nitrogens with one attached hydrogen (secondary N) is 1. The molecule has 0 atom stereocenters. The molecule has 0 spiro atoms. The number of nitrogens with two attached hydrogens (primary N) is 1. The minimum Gasteiger partial charge on any atom is -0.370 e. The Morgan fingerprint density at radius 3 is 2.27 bits per heavy atom. The second kappa shape index (κ2) is 9.04. The van der Waals surface area contributed by atoms with E-state index >= 15 is 0 Å². The maximum absolute atomic E-state index is 12.3. The van der Waals surface area contributed by atoms with E-state index in [-0.39, 0.29) is 5.91 Å². The third-order valence-electron chi connectivity index (χ3n) is 4.46. The molecule has 26 heavy (non-hydrogen) atoms. The highest BCUT2D eigenvalue weighted by Crippen LogP contribution is 2.14. The number of rotatable bonds is 6. The van der Waals surface area contributed by atoms with E-state index in [0.29, 0.717) is 31.2 Å². The number of hydrogen-bond donors (Lipinski definition) is 2. The van der Waals surface area contributed by atoms with Gasteiger partial charge in [0.05, 0.1) is 6.54 Å². The van der Waals surface area contributed by atoms with E-state index < -0.39 is 0 Å². The minimum atomic E-state index is 0.0565. The average molecular weight is 352 g/mol. The topological polar surface area (TPSA) is 70.7 Å². The molecule has 0 aliphatic carbocycles. The van der Waals surface area contributed by atoms with Crippen LogP contribution in [0, 0.1) is 13.8 Å². The zero-order valence-electron chi connectivity index (χ0n) is 16.0. The maximum Gasteiger partial charge on any atom is 0.253 e. The first-order valence-electron chi connectivity index (χ1n) is 8.97. The Kier molecular flexibility index (Phi) is 6.78. The summed E-state index contributed by atoms with van der Waals surface area (Å²) in [5.74, 6) is 0.428. The van der Waals surface area contributed by atoms with Crippen LogP contribution in [0.1, 0.15) is 40.9 Å². The van der Waals surface area contributed by atoms with Crippen molar-refractivity contribution < 1.29 is 4.79 Å². The van der Waals surface area contributed by atoms with Gasteiger partial charge in [-0.15, -0.1) is 0 Å². The Hall–Kier alpha value is -2.82. The van der Waals surface area contributed by atoms with Gasteiger partial charge in [-0.1, -0.05) is 18.2 Å². The fraction of sp³-hybridized carbons (Fsp3) is 0.333. The molecule has 5 heteroatoms. The first-order valence-corrected chi connectivity index (χ1v) is 8.97. The first kappa shape index (κ1) is 19.5. The zero-order chi connectivity index (χ0) is 19.1. The Bertz CT molecular complexity index is 777. The summed E-state index contributed by atoms with van der Waals surface area (Å²) in [6, 6.07) is 13.6. The van der Waals surface area contributed by atoms with Crippen LogP contribution in [0.5, 0.6) is 0 Å². The molecule has 5 nitrogen and oxygen atoms in total. The molecule has 2 aromatic rings. The van der Waals surface area contributed by atoms with E-state index in [4.69, 9.17) is 5.73 Å². The average Bonchev–Trinajstić information content (AvgIpc) is 2.64. The number of anilines is 1. The molecular formula is C21H28N4O. The van der Waals surface area contributed by atoms with Crippen LogP contribution in [0.2, 0.25) is 0 Å². The molecule has 0 unspecified atom stereocenters. The van der Waals surface area contributed by atoms with Crippen LogP contribution in [-0.4, -0.2) is 29.9 Å². The normalized spacial score (nSPS) is 11.3. The standard InChI is InChI=1S/C21H28N4O/c1-5-25(6-2)20(26)18-10-8-17(9-11-18)14-23-21(22)24-19-12-7-15(3)16(4)13-19/h7-13H,5-6,14H2,1-4H3,(H3,22,23,24). The third-order valence-corrected chi connectivity index (χ3v) is 4.46. The molecule has 0 saturated heterocycles. The van der Waals surface area contributed by atoms with Gasteiger partial charge in [0.1, 0.15) is 0 Å². The Balaban J connectivity index is 1.98. The smallest absolute Gasteiger partial charge is 0.253 e. The second-order valence-corrected chi connectivity index (χ2v) is 6.30. The van der Waals surface area contributed by atoms with Crippen molar-refractivity contribution in [1.82, 2.24) is 4.90 Å². The molecular weight excluding hydrogens is 324 g/mol. The SMILES string of the molecule is CCN(CC)C(=O)c1ccc(CN=C(N)Nc2ccc(C)c(C)c2)cc1. The van der Waals surface area contributed by atoms with Gasteiger partial charge in [0, 0.05) is 24.3 Å². The molecule has 0 aliphatic rings. The first-order chi connectivity index (χ1) is 12.4. The molecule has 0 saturated carbocycles. The Morgan fingerprint density at radius 1 is 1.04 bits per heavy atom. The summed E-state index contributed by atoms with van der Waals surface area (Å²) in [6.07, 6.45) is 0.